The Kier molecular flexibility index (Phi) is 13.8. The molecular formula is C30H44FN3O3S. The second-order valence-corrected chi connectivity index (χ2v) is 11.1. The lowest BCUT2D eigenvalue weighted by molar-refractivity contribution is -0.141. The van der Waals surface area contributed by atoms with Crippen LogP contribution in [0.5, 0.6) is 0 Å². The number of morpholine rings is 1. The predicted molar refractivity (Wildman–Crippen MR) is 151 cm³/mol. The maximum atomic E-state index is 13.6. The number of benzene rings is 1. The van der Waals surface area contributed by atoms with Crippen molar-refractivity contribution in [1.82, 2.24) is 14.7 Å². The van der Waals surface area contributed by atoms with Crippen LogP contribution in [0.25, 0.3) is 0 Å². The van der Waals surface area contributed by atoms with Crippen molar-refractivity contribution in [2.45, 2.75) is 71.4 Å². The van der Waals surface area contributed by atoms with Gasteiger partial charge in [0.25, 0.3) is 0 Å². The summed E-state index contributed by atoms with van der Waals surface area (Å²) in [7, 11) is 0. The van der Waals surface area contributed by atoms with Gasteiger partial charge < -0.3 is 14.5 Å². The molecule has 38 heavy (non-hydrogen) atoms. The number of carbonyl (C=O) groups is 2. The fourth-order valence-electron chi connectivity index (χ4n) is 4.67. The van der Waals surface area contributed by atoms with Crippen LogP contribution in [0.15, 0.2) is 41.8 Å². The highest BCUT2D eigenvalue weighted by Crippen LogP contribution is 2.16. The van der Waals surface area contributed by atoms with E-state index in [9.17, 15) is 14.0 Å². The normalized spacial score (nSPS) is 13.9. The van der Waals surface area contributed by atoms with Gasteiger partial charge in [-0.1, -0.05) is 63.6 Å². The maximum absolute atomic E-state index is 13.6. The molecule has 2 heterocycles. The van der Waals surface area contributed by atoms with Crippen LogP contribution in [0.2, 0.25) is 0 Å². The zero-order valence-electron chi connectivity index (χ0n) is 22.9. The van der Waals surface area contributed by atoms with Crippen molar-refractivity contribution in [3.8, 4) is 0 Å². The molecule has 0 spiro atoms. The standard InChI is InChI=1S/C30H44FN3O3S/c1-2-3-4-5-6-7-8-11-29(35)33(17-16-32-18-20-37-21-19-32)25-30(36)34(24-28-10-9-22-38-28)23-26-12-14-27(31)15-13-26/h9-10,12-15,22H,2-8,11,16-21,23-25H2,1H3. The van der Waals surface area contributed by atoms with E-state index in [-0.39, 0.29) is 24.2 Å². The number of hydrogen-bond donors (Lipinski definition) is 0. The van der Waals surface area contributed by atoms with Gasteiger partial charge in [0.1, 0.15) is 5.82 Å². The van der Waals surface area contributed by atoms with E-state index in [1.165, 1.54) is 37.8 Å². The number of thiophene rings is 1. The Balaban J connectivity index is 1.62. The van der Waals surface area contributed by atoms with Gasteiger partial charge in [-0.15, -0.1) is 11.3 Å². The summed E-state index contributed by atoms with van der Waals surface area (Å²) in [6.45, 7) is 7.50. The van der Waals surface area contributed by atoms with Gasteiger partial charge in [-0.25, -0.2) is 4.39 Å². The molecule has 0 N–H and O–H groups in total. The quantitative estimate of drug-likeness (QED) is 0.239. The molecule has 1 fully saturated rings. The molecule has 6 nitrogen and oxygen atoms in total. The van der Waals surface area contributed by atoms with E-state index in [4.69, 9.17) is 4.74 Å². The van der Waals surface area contributed by atoms with Gasteiger partial charge in [0.15, 0.2) is 0 Å². The third kappa shape index (κ3) is 11.2. The van der Waals surface area contributed by atoms with Gasteiger partial charge >= 0.3 is 0 Å². The van der Waals surface area contributed by atoms with Gasteiger partial charge in [0.05, 0.1) is 26.3 Å². The highest BCUT2D eigenvalue weighted by atomic mass is 32.1. The number of rotatable bonds is 17. The number of ether oxygens (including phenoxy) is 1. The molecule has 1 aliphatic heterocycles. The fourth-order valence-corrected chi connectivity index (χ4v) is 5.39. The monoisotopic (exact) mass is 545 g/mol. The van der Waals surface area contributed by atoms with E-state index < -0.39 is 0 Å². The molecule has 0 atom stereocenters. The van der Waals surface area contributed by atoms with Crippen LogP contribution in [-0.4, -0.2) is 72.5 Å². The van der Waals surface area contributed by atoms with Crippen LogP contribution in [0, 0.1) is 5.82 Å². The smallest absolute Gasteiger partial charge is 0.242 e. The molecule has 210 valence electrons. The van der Waals surface area contributed by atoms with Crippen LogP contribution in [0.1, 0.15) is 68.7 Å². The van der Waals surface area contributed by atoms with Crippen molar-refractivity contribution >= 4 is 23.2 Å². The van der Waals surface area contributed by atoms with E-state index in [1.54, 1.807) is 33.3 Å². The maximum Gasteiger partial charge on any atom is 0.242 e. The summed E-state index contributed by atoms with van der Waals surface area (Å²) in [5.41, 5.74) is 0.866. The third-order valence-electron chi connectivity index (χ3n) is 7.03. The van der Waals surface area contributed by atoms with Crippen molar-refractivity contribution < 1.29 is 18.7 Å². The Labute approximate surface area is 231 Å². The molecule has 1 aliphatic rings. The van der Waals surface area contributed by atoms with Gasteiger partial charge in [0, 0.05) is 44.0 Å². The number of carbonyl (C=O) groups excluding carboxylic acids is 2. The summed E-state index contributed by atoms with van der Waals surface area (Å²) >= 11 is 1.60. The molecule has 1 aromatic heterocycles. The van der Waals surface area contributed by atoms with Crippen LogP contribution in [-0.2, 0) is 27.4 Å². The molecule has 0 saturated carbocycles. The molecular weight excluding hydrogens is 501 g/mol. The number of unbranched alkanes of at least 4 members (excludes halogenated alkanes) is 6. The van der Waals surface area contributed by atoms with E-state index in [0.29, 0.717) is 39.3 Å². The molecule has 1 saturated heterocycles. The second-order valence-electron chi connectivity index (χ2n) is 10.1. The summed E-state index contributed by atoms with van der Waals surface area (Å²) in [5.74, 6) is -0.328. The van der Waals surface area contributed by atoms with E-state index in [1.807, 2.05) is 17.5 Å². The van der Waals surface area contributed by atoms with Crippen molar-refractivity contribution in [3.05, 3.63) is 58.0 Å². The molecule has 0 aliphatic carbocycles. The number of nitrogens with zero attached hydrogens (tertiary/aromatic N) is 3. The van der Waals surface area contributed by atoms with Crippen molar-refractivity contribution in [2.24, 2.45) is 0 Å². The molecule has 2 amide bonds. The van der Waals surface area contributed by atoms with E-state index in [0.717, 1.165) is 49.3 Å². The average Bonchev–Trinajstić information content (AvgIpc) is 3.45. The Morgan fingerprint density at radius 1 is 0.921 bits per heavy atom. The first-order chi connectivity index (χ1) is 18.5. The first kappa shape index (κ1) is 30.3. The number of amides is 2. The Hall–Kier alpha value is -2.29. The largest absolute Gasteiger partial charge is 0.379 e. The minimum absolute atomic E-state index is 0.0537. The van der Waals surface area contributed by atoms with Crippen molar-refractivity contribution in [3.63, 3.8) is 0 Å². The summed E-state index contributed by atoms with van der Waals surface area (Å²) in [6.07, 6.45) is 8.55. The molecule has 1 aromatic carbocycles. The van der Waals surface area contributed by atoms with Crippen LogP contribution < -0.4 is 0 Å². The minimum Gasteiger partial charge on any atom is -0.379 e. The first-order valence-electron chi connectivity index (χ1n) is 14.2. The van der Waals surface area contributed by atoms with E-state index >= 15 is 0 Å². The molecule has 0 bridgehead atoms. The molecule has 2 aromatic rings. The Morgan fingerprint density at radius 2 is 1.63 bits per heavy atom. The summed E-state index contributed by atoms with van der Waals surface area (Å²) < 4.78 is 18.9. The highest BCUT2D eigenvalue weighted by Gasteiger charge is 2.23. The summed E-state index contributed by atoms with van der Waals surface area (Å²) in [4.78, 5) is 33.8. The van der Waals surface area contributed by atoms with Gasteiger partial charge in [0.2, 0.25) is 11.8 Å². The lowest BCUT2D eigenvalue weighted by Crippen LogP contribution is -2.47. The van der Waals surface area contributed by atoms with Crippen molar-refractivity contribution in [2.75, 3.05) is 45.9 Å². The zero-order valence-corrected chi connectivity index (χ0v) is 23.7. The first-order valence-corrected chi connectivity index (χ1v) is 15.1. The van der Waals surface area contributed by atoms with Gasteiger partial charge in [-0.2, -0.15) is 0 Å². The van der Waals surface area contributed by atoms with Crippen LogP contribution in [0.4, 0.5) is 4.39 Å². The van der Waals surface area contributed by atoms with Crippen LogP contribution in [0.3, 0.4) is 0 Å². The summed E-state index contributed by atoms with van der Waals surface area (Å²) in [6, 6.07) is 10.3. The molecule has 0 radical (unpaired) electrons. The lowest BCUT2D eigenvalue weighted by atomic mass is 10.1. The molecule has 0 unspecified atom stereocenters. The van der Waals surface area contributed by atoms with E-state index in [2.05, 4.69) is 11.8 Å². The van der Waals surface area contributed by atoms with Crippen molar-refractivity contribution in [1.29, 1.82) is 0 Å². The SMILES string of the molecule is CCCCCCCCCC(=O)N(CCN1CCOCC1)CC(=O)N(Cc1ccc(F)cc1)Cc1cccs1. The predicted octanol–water partition coefficient (Wildman–Crippen LogP) is 5.72. The summed E-state index contributed by atoms with van der Waals surface area (Å²) in [5, 5.41) is 2.00. The molecule has 8 heteroatoms. The number of halogens is 1. The minimum atomic E-state index is -0.296. The fraction of sp³-hybridized carbons (Fsp3) is 0.600. The van der Waals surface area contributed by atoms with Gasteiger partial charge in [-0.3, -0.25) is 14.5 Å². The Bertz CT molecular complexity index is 933. The zero-order chi connectivity index (χ0) is 27.0. The lowest BCUT2D eigenvalue weighted by Gasteiger charge is -2.31. The number of hydrogen-bond acceptors (Lipinski definition) is 5. The Morgan fingerprint density at radius 3 is 2.32 bits per heavy atom. The highest BCUT2D eigenvalue weighted by molar-refractivity contribution is 7.09. The van der Waals surface area contributed by atoms with Crippen LogP contribution >= 0.6 is 11.3 Å². The second kappa shape index (κ2) is 17.3. The average molecular weight is 546 g/mol. The topological polar surface area (TPSA) is 53.1 Å². The molecule has 3 rings (SSSR count). The van der Waals surface area contributed by atoms with Gasteiger partial charge in [-0.05, 0) is 35.6 Å². The third-order valence-corrected chi connectivity index (χ3v) is 7.89.